The minimum atomic E-state index is -2.06. The van der Waals surface area contributed by atoms with Crippen LogP contribution in [0.3, 0.4) is 0 Å². The van der Waals surface area contributed by atoms with E-state index in [2.05, 4.69) is 0 Å². The Labute approximate surface area is 93.5 Å². The van der Waals surface area contributed by atoms with Crippen LogP contribution in [-0.2, 0) is 0 Å². The van der Waals surface area contributed by atoms with Crippen LogP contribution in [0.1, 0.15) is 39.0 Å². The van der Waals surface area contributed by atoms with Crippen molar-refractivity contribution < 1.29 is 15.2 Å². The van der Waals surface area contributed by atoms with Gasteiger partial charge in [0.05, 0.1) is 13.0 Å². The van der Waals surface area contributed by atoms with Crippen LogP contribution in [0.15, 0.2) is 0 Å². The maximum absolute atomic E-state index is 10.7. The number of hydrogen-bond donors (Lipinski definition) is 1. The van der Waals surface area contributed by atoms with Crippen LogP contribution in [0.2, 0.25) is 0 Å². The Morgan fingerprint density at radius 2 is 1.69 bits per heavy atom. The summed E-state index contributed by atoms with van der Waals surface area (Å²) in [7, 11) is 0. The third-order valence-electron chi connectivity index (χ3n) is 3.27. The van der Waals surface area contributed by atoms with Gasteiger partial charge in [-0.2, -0.15) is 0 Å². The minimum Gasteiger partial charge on any atom is -0.331 e. The Bertz CT molecular complexity index is 262. The lowest BCUT2D eigenvalue weighted by molar-refractivity contribution is -0.846. The summed E-state index contributed by atoms with van der Waals surface area (Å²) in [4.78, 5) is 19.8. The molecule has 0 heterocycles. The van der Waals surface area contributed by atoms with Crippen molar-refractivity contribution >= 4 is 0 Å². The molecule has 0 spiro atoms. The first-order valence-electron chi connectivity index (χ1n) is 5.59. The number of rotatable bonds is 5. The van der Waals surface area contributed by atoms with Gasteiger partial charge in [0.15, 0.2) is 0 Å². The van der Waals surface area contributed by atoms with E-state index < -0.39 is 15.5 Å². The number of hydrogen-bond acceptors (Lipinski definition) is 4. The first-order valence-corrected chi connectivity index (χ1v) is 5.59. The molecular weight excluding hydrogens is 214 g/mol. The van der Waals surface area contributed by atoms with Crippen LogP contribution < -0.4 is 5.32 Å². The van der Waals surface area contributed by atoms with E-state index in [1.165, 1.54) is 6.42 Å². The lowest BCUT2D eigenvalue weighted by Gasteiger charge is -2.21. The van der Waals surface area contributed by atoms with Gasteiger partial charge in [-0.25, -0.2) is 0 Å². The number of nitro groups is 2. The second-order valence-corrected chi connectivity index (χ2v) is 4.57. The molecular formula is C9H18N3O4+. The maximum Gasteiger partial charge on any atom is 0.501 e. The summed E-state index contributed by atoms with van der Waals surface area (Å²) in [5.74, 6) is 0. The van der Waals surface area contributed by atoms with Gasteiger partial charge >= 0.3 is 5.66 Å². The molecule has 1 rings (SSSR count). The summed E-state index contributed by atoms with van der Waals surface area (Å²) in [5, 5.41) is 23.1. The molecule has 16 heavy (non-hydrogen) atoms. The second-order valence-electron chi connectivity index (χ2n) is 4.57. The molecule has 0 aromatic heterocycles. The highest BCUT2D eigenvalue weighted by Gasteiger charge is 2.53. The third kappa shape index (κ3) is 2.88. The van der Waals surface area contributed by atoms with Crippen molar-refractivity contribution in [1.29, 1.82) is 0 Å². The average molecular weight is 232 g/mol. The normalized spacial score (nSPS) is 18.3. The quantitative estimate of drug-likeness (QED) is 0.414. The zero-order valence-corrected chi connectivity index (χ0v) is 9.42. The molecule has 2 N–H and O–H groups in total. The fourth-order valence-corrected chi connectivity index (χ4v) is 1.98. The van der Waals surface area contributed by atoms with Crippen molar-refractivity contribution in [3.63, 3.8) is 0 Å². The Kier molecular flexibility index (Phi) is 4.17. The first-order chi connectivity index (χ1) is 7.47. The van der Waals surface area contributed by atoms with Crippen LogP contribution in [0.4, 0.5) is 0 Å². The Morgan fingerprint density at radius 3 is 2.12 bits per heavy atom. The highest BCUT2D eigenvalue weighted by Crippen LogP contribution is 2.15. The molecule has 0 unspecified atom stereocenters. The molecule has 7 nitrogen and oxygen atoms in total. The molecule has 1 fully saturated rings. The van der Waals surface area contributed by atoms with E-state index in [4.69, 9.17) is 0 Å². The fraction of sp³-hybridized carbons (Fsp3) is 1.00. The van der Waals surface area contributed by atoms with Crippen molar-refractivity contribution in [3.8, 4) is 0 Å². The van der Waals surface area contributed by atoms with Crippen LogP contribution in [0, 0.1) is 20.2 Å². The fourth-order valence-electron chi connectivity index (χ4n) is 1.98. The van der Waals surface area contributed by atoms with E-state index in [0.717, 1.165) is 32.6 Å². The number of quaternary nitrogens is 1. The van der Waals surface area contributed by atoms with Gasteiger partial charge in [-0.3, -0.25) is 20.2 Å². The van der Waals surface area contributed by atoms with Gasteiger partial charge in [0, 0.05) is 0 Å². The number of nitrogens with zero attached hydrogens (tertiary/aromatic N) is 2. The molecule has 1 aliphatic rings. The van der Waals surface area contributed by atoms with E-state index in [-0.39, 0.29) is 6.54 Å². The summed E-state index contributed by atoms with van der Waals surface area (Å²) in [5.41, 5.74) is -2.06. The molecule has 0 saturated heterocycles. The van der Waals surface area contributed by atoms with Crippen molar-refractivity contribution in [2.75, 3.05) is 6.54 Å². The van der Waals surface area contributed by atoms with E-state index in [0.29, 0.717) is 6.04 Å². The zero-order valence-electron chi connectivity index (χ0n) is 9.42. The van der Waals surface area contributed by atoms with Crippen molar-refractivity contribution in [2.24, 2.45) is 0 Å². The lowest BCUT2D eigenvalue weighted by atomic mass is 9.95. The van der Waals surface area contributed by atoms with Crippen LogP contribution >= 0.6 is 0 Å². The maximum atomic E-state index is 10.7. The van der Waals surface area contributed by atoms with Crippen LogP contribution in [0.25, 0.3) is 0 Å². The summed E-state index contributed by atoms with van der Waals surface area (Å²) < 4.78 is 0. The van der Waals surface area contributed by atoms with Gasteiger partial charge in [0.25, 0.3) is 0 Å². The van der Waals surface area contributed by atoms with E-state index in [1.807, 2.05) is 0 Å². The predicted molar refractivity (Wildman–Crippen MR) is 56.1 cm³/mol. The topological polar surface area (TPSA) is 103 Å². The zero-order chi connectivity index (χ0) is 12.2. The smallest absolute Gasteiger partial charge is 0.331 e. The SMILES string of the molecule is CC(C[NH2+]C1CCCCC1)([N+](=O)[O-])[N+](=O)[O-]. The Balaban J connectivity index is 2.49. The molecule has 1 saturated carbocycles. The van der Waals surface area contributed by atoms with Crippen molar-refractivity contribution in [3.05, 3.63) is 20.2 Å². The van der Waals surface area contributed by atoms with Gasteiger partial charge in [-0.15, -0.1) is 0 Å². The molecule has 0 amide bonds. The molecule has 0 atom stereocenters. The molecule has 0 bridgehead atoms. The van der Waals surface area contributed by atoms with Crippen LogP contribution in [0.5, 0.6) is 0 Å². The highest BCUT2D eigenvalue weighted by molar-refractivity contribution is 4.64. The monoisotopic (exact) mass is 232 g/mol. The van der Waals surface area contributed by atoms with Crippen molar-refractivity contribution in [2.45, 2.75) is 50.7 Å². The molecule has 0 radical (unpaired) electrons. The Hall–Kier alpha value is -1.24. The Morgan fingerprint density at radius 1 is 1.19 bits per heavy atom. The first kappa shape index (κ1) is 12.8. The lowest BCUT2D eigenvalue weighted by Crippen LogP contribution is -2.94. The standard InChI is InChI=1S/C9H17N3O4/c1-9(11(13)14,12(15)16)7-10-8-5-3-2-4-6-8/h8,10H,2-7H2,1H3/p+1. The third-order valence-corrected chi connectivity index (χ3v) is 3.27. The van der Waals surface area contributed by atoms with E-state index >= 15 is 0 Å². The van der Waals surface area contributed by atoms with Crippen LogP contribution in [-0.4, -0.2) is 28.1 Å². The molecule has 92 valence electrons. The average Bonchev–Trinajstić information content (AvgIpc) is 2.26. The highest BCUT2D eigenvalue weighted by atomic mass is 16.7. The van der Waals surface area contributed by atoms with Gasteiger partial charge < -0.3 is 5.32 Å². The predicted octanol–water partition coefficient (Wildman–Crippen LogP) is 0.152. The van der Waals surface area contributed by atoms with Gasteiger partial charge in [0.2, 0.25) is 6.54 Å². The largest absolute Gasteiger partial charge is 0.501 e. The second kappa shape index (κ2) is 5.20. The van der Waals surface area contributed by atoms with Gasteiger partial charge in [-0.1, -0.05) is 6.42 Å². The minimum absolute atomic E-state index is 0.0856. The summed E-state index contributed by atoms with van der Waals surface area (Å²) in [6.07, 6.45) is 5.45. The molecule has 7 heteroatoms. The van der Waals surface area contributed by atoms with Gasteiger partial charge in [-0.05, 0) is 25.7 Å². The summed E-state index contributed by atoms with van der Waals surface area (Å²) >= 11 is 0. The van der Waals surface area contributed by atoms with Gasteiger partial charge in [0.1, 0.15) is 9.85 Å². The number of nitrogens with two attached hydrogens (primary N) is 1. The molecule has 0 aliphatic heterocycles. The van der Waals surface area contributed by atoms with E-state index in [9.17, 15) is 20.2 Å². The molecule has 0 aromatic carbocycles. The molecule has 1 aliphatic carbocycles. The van der Waals surface area contributed by atoms with Crippen molar-refractivity contribution in [1.82, 2.24) is 0 Å². The van der Waals surface area contributed by atoms with E-state index in [1.54, 1.807) is 5.32 Å². The molecule has 0 aromatic rings. The summed E-state index contributed by atoms with van der Waals surface area (Å²) in [6.45, 7) is 0.990. The summed E-state index contributed by atoms with van der Waals surface area (Å²) in [6, 6.07) is 0.313.